The molecule has 0 aromatic heterocycles. The zero-order valence-corrected chi connectivity index (χ0v) is 10.2. The van der Waals surface area contributed by atoms with Gasteiger partial charge in [0.15, 0.2) is 0 Å². The van der Waals surface area contributed by atoms with E-state index in [1.54, 1.807) is 6.92 Å². The van der Waals surface area contributed by atoms with Gasteiger partial charge in [0.2, 0.25) is 0 Å². The van der Waals surface area contributed by atoms with Gasteiger partial charge in [-0.15, -0.1) is 0 Å². The van der Waals surface area contributed by atoms with Crippen molar-refractivity contribution in [3.63, 3.8) is 0 Å². The lowest BCUT2D eigenvalue weighted by molar-refractivity contribution is -0.157. The second kappa shape index (κ2) is 6.37. The summed E-state index contributed by atoms with van der Waals surface area (Å²) in [6.45, 7) is 3.26. The van der Waals surface area contributed by atoms with Gasteiger partial charge in [-0.3, -0.25) is 4.79 Å². The highest BCUT2D eigenvalue weighted by Crippen LogP contribution is 2.14. The van der Waals surface area contributed by atoms with Crippen molar-refractivity contribution in [2.45, 2.75) is 26.1 Å². The third-order valence-corrected chi connectivity index (χ3v) is 2.35. The molecule has 0 spiro atoms. The van der Waals surface area contributed by atoms with Gasteiger partial charge in [-0.1, -0.05) is 30.3 Å². The number of aliphatic hydroxyl groups excluding tert-OH is 1. The molecule has 0 saturated carbocycles. The first-order valence-corrected chi connectivity index (χ1v) is 5.48. The first kappa shape index (κ1) is 13.7. The van der Waals surface area contributed by atoms with Crippen LogP contribution in [0.4, 0.5) is 0 Å². The SMILES string of the molecule is CC(=O)OC[C@](C)(CO)OCc1ccccc1. The number of esters is 1. The average molecular weight is 238 g/mol. The molecular weight excluding hydrogens is 220 g/mol. The molecule has 94 valence electrons. The molecule has 4 nitrogen and oxygen atoms in total. The average Bonchev–Trinajstić information content (AvgIpc) is 2.35. The Hall–Kier alpha value is -1.39. The molecule has 0 fully saturated rings. The molecule has 0 heterocycles. The minimum Gasteiger partial charge on any atom is -0.463 e. The van der Waals surface area contributed by atoms with Gasteiger partial charge in [-0.25, -0.2) is 0 Å². The minimum absolute atomic E-state index is 0.0473. The molecule has 0 aliphatic heterocycles. The van der Waals surface area contributed by atoms with E-state index in [1.165, 1.54) is 6.92 Å². The van der Waals surface area contributed by atoms with Gasteiger partial charge in [0, 0.05) is 6.92 Å². The van der Waals surface area contributed by atoms with Crippen molar-refractivity contribution in [3.8, 4) is 0 Å². The maximum absolute atomic E-state index is 10.7. The summed E-state index contributed by atoms with van der Waals surface area (Å²) in [5, 5.41) is 9.26. The van der Waals surface area contributed by atoms with E-state index in [9.17, 15) is 9.90 Å². The van der Waals surface area contributed by atoms with Crippen LogP contribution in [0.1, 0.15) is 19.4 Å². The number of carbonyl (C=O) groups excluding carboxylic acids is 1. The Kier molecular flexibility index (Phi) is 5.12. The molecule has 1 atom stereocenters. The van der Waals surface area contributed by atoms with Gasteiger partial charge in [0.05, 0.1) is 13.2 Å². The molecule has 0 bridgehead atoms. The number of carbonyl (C=O) groups is 1. The second-order valence-electron chi connectivity index (χ2n) is 4.16. The zero-order chi connectivity index (χ0) is 12.7. The van der Waals surface area contributed by atoms with Crippen LogP contribution in [0.15, 0.2) is 30.3 Å². The van der Waals surface area contributed by atoms with Crippen molar-refractivity contribution < 1.29 is 19.4 Å². The number of hydrogen-bond donors (Lipinski definition) is 1. The van der Waals surface area contributed by atoms with Crippen molar-refractivity contribution in [2.24, 2.45) is 0 Å². The van der Waals surface area contributed by atoms with E-state index in [-0.39, 0.29) is 19.2 Å². The summed E-state index contributed by atoms with van der Waals surface area (Å²) in [5.74, 6) is -0.381. The van der Waals surface area contributed by atoms with Gasteiger partial charge >= 0.3 is 5.97 Å². The predicted molar refractivity (Wildman–Crippen MR) is 63.4 cm³/mol. The number of hydrogen-bond acceptors (Lipinski definition) is 4. The lowest BCUT2D eigenvalue weighted by Crippen LogP contribution is -2.39. The van der Waals surface area contributed by atoms with E-state index in [2.05, 4.69) is 0 Å². The van der Waals surface area contributed by atoms with Crippen molar-refractivity contribution in [3.05, 3.63) is 35.9 Å². The fourth-order valence-electron chi connectivity index (χ4n) is 1.22. The van der Waals surface area contributed by atoms with Gasteiger partial charge in [-0.2, -0.15) is 0 Å². The molecule has 1 aromatic carbocycles. The molecule has 1 N–H and O–H groups in total. The van der Waals surface area contributed by atoms with E-state index in [0.717, 1.165) is 5.56 Å². The smallest absolute Gasteiger partial charge is 0.302 e. The van der Waals surface area contributed by atoms with Crippen LogP contribution in [0.25, 0.3) is 0 Å². The summed E-state index contributed by atoms with van der Waals surface area (Å²) >= 11 is 0. The van der Waals surface area contributed by atoms with Crippen LogP contribution in [-0.2, 0) is 20.9 Å². The molecule has 4 heteroatoms. The summed E-state index contributed by atoms with van der Waals surface area (Å²) < 4.78 is 10.5. The van der Waals surface area contributed by atoms with E-state index < -0.39 is 5.60 Å². The number of rotatable bonds is 6. The fourth-order valence-corrected chi connectivity index (χ4v) is 1.22. The van der Waals surface area contributed by atoms with Crippen LogP contribution in [0, 0.1) is 0 Å². The van der Waals surface area contributed by atoms with E-state index in [1.807, 2.05) is 30.3 Å². The van der Waals surface area contributed by atoms with Crippen molar-refractivity contribution >= 4 is 5.97 Å². The summed E-state index contributed by atoms with van der Waals surface area (Å²) in [6.07, 6.45) is 0. The molecule has 0 unspecified atom stereocenters. The summed E-state index contributed by atoms with van der Waals surface area (Å²) in [7, 11) is 0. The third kappa shape index (κ3) is 4.97. The topological polar surface area (TPSA) is 55.8 Å². The Morgan fingerprint density at radius 1 is 1.35 bits per heavy atom. The van der Waals surface area contributed by atoms with Gasteiger partial charge < -0.3 is 14.6 Å². The first-order valence-electron chi connectivity index (χ1n) is 5.48. The standard InChI is InChI=1S/C13H18O4/c1-11(15)16-10-13(2,9-14)17-8-12-6-4-3-5-7-12/h3-7,14H,8-10H2,1-2H3/t13-/m0/s1. The Bertz CT molecular complexity index is 350. The molecular formula is C13H18O4. The Balaban J connectivity index is 2.48. The summed E-state index contributed by atoms with van der Waals surface area (Å²) in [6, 6.07) is 9.63. The summed E-state index contributed by atoms with van der Waals surface area (Å²) in [4.78, 5) is 10.7. The third-order valence-electron chi connectivity index (χ3n) is 2.35. The molecule has 1 aromatic rings. The van der Waals surface area contributed by atoms with Gasteiger partial charge in [-0.05, 0) is 12.5 Å². The second-order valence-corrected chi connectivity index (χ2v) is 4.16. The van der Waals surface area contributed by atoms with Crippen LogP contribution in [0.3, 0.4) is 0 Å². The van der Waals surface area contributed by atoms with E-state index >= 15 is 0 Å². The van der Waals surface area contributed by atoms with Crippen LogP contribution >= 0.6 is 0 Å². The molecule has 0 amide bonds. The fraction of sp³-hybridized carbons (Fsp3) is 0.462. The van der Waals surface area contributed by atoms with Crippen LogP contribution < -0.4 is 0 Å². The highest BCUT2D eigenvalue weighted by Gasteiger charge is 2.25. The monoisotopic (exact) mass is 238 g/mol. The molecule has 1 rings (SSSR count). The predicted octanol–water partition coefficient (Wildman–Crippen LogP) is 1.52. The quantitative estimate of drug-likeness (QED) is 0.763. The number of ether oxygens (including phenoxy) is 2. The minimum atomic E-state index is -0.860. The lowest BCUT2D eigenvalue weighted by Gasteiger charge is -2.27. The maximum atomic E-state index is 10.7. The van der Waals surface area contributed by atoms with Crippen LogP contribution in [0.2, 0.25) is 0 Å². The first-order chi connectivity index (χ1) is 8.06. The molecule has 17 heavy (non-hydrogen) atoms. The lowest BCUT2D eigenvalue weighted by atomic mass is 10.1. The Morgan fingerprint density at radius 2 is 2.00 bits per heavy atom. The van der Waals surface area contributed by atoms with Crippen LogP contribution in [0.5, 0.6) is 0 Å². The largest absolute Gasteiger partial charge is 0.463 e. The van der Waals surface area contributed by atoms with Crippen LogP contribution in [-0.4, -0.2) is 29.9 Å². The molecule has 0 radical (unpaired) electrons. The van der Waals surface area contributed by atoms with Crippen molar-refractivity contribution in [2.75, 3.05) is 13.2 Å². The maximum Gasteiger partial charge on any atom is 0.302 e. The highest BCUT2D eigenvalue weighted by molar-refractivity contribution is 5.65. The highest BCUT2D eigenvalue weighted by atomic mass is 16.6. The molecule has 0 aliphatic rings. The van der Waals surface area contributed by atoms with E-state index in [0.29, 0.717) is 6.61 Å². The van der Waals surface area contributed by atoms with Gasteiger partial charge in [0.25, 0.3) is 0 Å². The Morgan fingerprint density at radius 3 is 2.53 bits per heavy atom. The zero-order valence-electron chi connectivity index (χ0n) is 10.2. The molecule has 0 aliphatic carbocycles. The molecule has 0 saturated heterocycles. The number of aliphatic hydroxyl groups is 1. The Labute approximate surface area is 101 Å². The van der Waals surface area contributed by atoms with Gasteiger partial charge in [0.1, 0.15) is 12.2 Å². The summed E-state index contributed by atoms with van der Waals surface area (Å²) in [5.41, 5.74) is 0.150. The van der Waals surface area contributed by atoms with Crippen molar-refractivity contribution in [1.29, 1.82) is 0 Å². The van der Waals surface area contributed by atoms with Crippen molar-refractivity contribution in [1.82, 2.24) is 0 Å². The van der Waals surface area contributed by atoms with E-state index in [4.69, 9.17) is 9.47 Å². The normalized spacial score (nSPS) is 14.1. The number of benzene rings is 1.